The summed E-state index contributed by atoms with van der Waals surface area (Å²) in [5.74, 6) is 0.305. The van der Waals surface area contributed by atoms with E-state index in [1.54, 1.807) is 12.1 Å². The molecule has 0 heterocycles. The van der Waals surface area contributed by atoms with Gasteiger partial charge >= 0.3 is 0 Å². The van der Waals surface area contributed by atoms with Gasteiger partial charge in [0.25, 0.3) is 0 Å². The minimum atomic E-state index is 0.171. The van der Waals surface area contributed by atoms with E-state index in [-0.39, 0.29) is 6.04 Å². The van der Waals surface area contributed by atoms with Crippen molar-refractivity contribution in [1.29, 1.82) is 0 Å². The Kier molecular flexibility index (Phi) is 3.77. The van der Waals surface area contributed by atoms with E-state index in [1.165, 1.54) is 5.56 Å². The Balaban J connectivity index is 1.91. The SMILES string of the molecule is Oc1ccc2c(c1)C(Nc1ccc(Cl)cc1Cl)CCC2. The molecule has 0 aliphatic heterocycles. The molecule has 1 aliphatic rings. The molecule has 1 atom stereocenters. The average molecular weight is 308 g/mol. The lowest BCUT2D eigenvalue weighted by molar-refractivity contribution is 0.471. The van der Waals surface area contributed by atoms with Crippen LogP contribution in [0.1, 0.15) is 30.0 Å². The molecule has 0 aromatic heterocycles. The minimum Gasteiger partial charge on any atom is -0.508 e. The van der Waals surface area contributed by atoms with Gasteiger partial charge in [-0.3, -0.25) is 0 Å². The van der Waals surface area contributed by atoms with Crippen LogP contribution < -0.4 is 5.32 Å². The fourth-order valence-electron chi connectivity index (χ4n) is 2.73. The molecule has 0 fully saturated rings. The van der Waals surface area contributed by atoms with Gasteiger partial charge in [0.1, 0.15) is 5.75 Å². The molecule has 0 radical (unpaired) electrons. The van der Waals surface area contributed by atoms with Gasteiger partial charge in [-0.05, 0) is 60.7 Å². The summed E-state index contributed by atoms with van der Waals surface area (Å²) in [6, 6.07) is 11.2. The number of benzene rings is 2. The number of fused-ring (bicyclic) bond motifs is 1. The third kappa shape index (κ3) is 2.72. The Bertz CT molecular complexity index is 642. The third-order valence-electron chi connectivity index (χ3n) is 3.70. The Morgan fingerprint density at radius 2 is 1.95 bits per heavy atom. The fraction of sp³-hybridized carbons (Fsp3) is 0.250. The van der Waals surface area contributed by atoms with Gasteiger partial charge in [-0.2, -0.15) is 0 Å². The summed E-state index contributed by atoms with van der Waals surface area (Å²) in [5, 5.41) is 14.4. The summed E-state index contributed by atoms with van der Waals surface area (Å²) in [7, 11) is 0. The first-order valence-electron chi connectivity index (χ1n) is 6.67. The van der Waals surface area contributed by atoms with Gasteiger partial charge in [-0.1, -0.05) is 29.3 Å². The number of phenolic OH excluding ortho intramolecular Hbond substituents is 1. The molecule has 2 aromatic rings. The van der Waals surface area contributed by atoms with E-state index in [1.807, 2.05) is 24.3 Å². The number of hydrogen-bond acceptors (Lipinski definition) is 2. The number of rotatable bonds is 2. The Labute approximate surface area is 128 Å². The largest absolute Gasteiger partial charge is 0.508 e. The standard InChI is InChI=1S/C16H15Cl2NO/c17-11-5-7-16(14(18)8-11)19-15-3-1-2-10-4-6-12(20)9-13(10)15/h4-9,15,19-20H,1-3H2. The van der Waals surface area contributed by atoms with Crippen molar-refractivity contribution in [3.8, 4) is 5.75 Å². The van der Waals surface area contributed by atoms with Crippen molar-refractivity contribution in [2.24, 2.45) is 0 Å². The maximum atomic E-state index is 9.69. The number of aromatic hydroxyl groups is 1. The lowest BCUT2D eigenvalue weighted by Crippen LogP contribution is -2.17. The van der Waals surface area contributed by atoms with Crippen LogP contribution in [0.25, 0.3) is 0 Å². The predicted molar refractivity (Wildman–Crippen MR) is 83.9 cm³/mol. The van der Waals surface area contributed by atoms with E-state index in [4.69, 9.17) is 23.2 Å². The summed E-state index contributed by atoms with van der Waals surface area (Å²) >= 11 is 12.1. The fourth-order valence-corrected chi connectivity index (χ4v) is 3.19. The van der Waals surface area contributed by atoms with Crippen LogP contribution in [-0.4, -0.2) is 5.11 Å². The van der Waals surface area contributed by atoms with Crippen LogP contribution in [0.5, 0.6) is 5.75 Å². The monoisotopic (exact) mass is 307 g/mol. The number of halogens is 2. The second-order valence-electron chi connectivity index (χ2n) is 5.10. The first-order valence-corrected chi connectivity index (χ1v) is 7.42. The first kappa shape index (κ1) is 13.6. The summed E-state index contributed by atoms with van der Waals surface area (Å²) in [4.78, 5) is 0. The van der Waals surface area contributed by atoms with Crippen molar-refractivity contribution >= 4 is 28.9 Å². The molecule has 0 saturated carbocycles. The number of phenols is 1. The van der Waals surface area contributed by atoms with E-state index >= 15 is 0 Å². The van der Waals surface area contributed by atoms with Crippen LogP contribution in [0.2, 0.25) is 10.0 Å². The van der Waals surface area contributed by atoms with Crippen LogP contribution in [0, 0.1) is 0 Å². The Morgan fingerprint density at radius 3 is 2.75 bits per heavy atom. The molecule has 0 amide bonds. The highest BCUT2D eigenvalue weighted by molar-refractivity contribution is 6.36. The quantitative estimate of drug-likeness (QED) is 0.800. The van der Waals surface area contributed by atoms with Gasteiger partial charge in [0.05, 0.1) is 16.8 Å². The highest BCUT2D eigenvalue weighted by Gasteiger charge is 2.21. The average Bonchev–Trinajstić information content (AvgIpc) is 2.42. The summed E-state index contributed by atoms with van der Waals surface area (Å²) in [6.45, 7) is 0. The second kappa shape index (κ2) is 5.55. The van der Waals surface area contributed by atoms with Crippen molar-refractivity contribution in [1.82, 2.24) is 0 Å². The van der Waals surface area contributed by atoms with E-state index in [0.717, 1.165) is 30.5 Å². The molecule has 2 aromatic carbocycles. The smallest absolute Gasteiger partial charge is 0.115 e. The molecule has 20 heavy (non-hydrogen) atoms. The maximum absolute atomic E-state index is 9.69. The Morgan fingerprint density at radius 1 is 1.10 bits per heavy atom. The molecular formula is C16H15Cl2NO. The number of nitrogens with one attached hydrogen (secondary N) is 1. The number of hydrogen-bond donors (Lipinski definition) is 2. The molecule has 2 N–H and O–H groups in total. The molecule has 1 unspecified atom stereocenters. The molecular weight excluding hydrogens is 293 g/mol. The molecule has 3 rings (SSSR count). The minimum absolute atomic E-state index is 0.171. The second-order valence-corrected chi connectivity index (χ2v) is 5.94. The lowest BCUT2D eigenvalue weighted by atomic mass is 9.87. The number of aryl methyl sites for hydroxylation is 1. The third-order valence-corrected chi connectivity index (χ3v) is 4.25. The molecule has 0 spiro atoms. The lowest BCUT2D eigenvalue weighted by Gasteiger charge is -2.27. The van der Waals surface area contributed by atoms with Crippen LogP contribution in [0.3, 0.4) is 0 Å². The first-order chi connectivity index (χ1) is 9.63. The van der Waals surface area contributed by atoms with Gasteiger partial charge in [0, 0.05) is 5.02 Å². The van der Waals surface area contributed by atoms with Gasteiger partial charge < -0.3 is 10.4 Å². The van der Waals surface area contributed by atoms with Crippen LogP contribution in [-0.2, 0) is 6.42 Å². The van der Waals surface area contributed by atoms with Crippen molar-refractivity contribution in [3.63, 3.8) is 0 Å². The highest BCUT2D eigenvalue weighted by Crippen LogP contribution is 2.36. The van der Waals surface area contributed by atoms with Gasteiger partial charge in [-0.25, -0.2) is 0 Å². The van der Waals surface area contributed by atoms with Gasteiger partial charge in [0.2, 0.25) is 0 Å². The summed E-state index contributed by atoms with van der Waals surface area (Å²) in [6.07, 6.45) is 3.21. The summed E-state index contributed by atoms with van der Waals surface area (Å²) in [5.41, 5.74) is 3.32. The summed E-state index contributed by atoms with van der Waals surface area (Å²) < 4.78 is 0. The van der Waals surface area contributed by atoms with E-state index in [2.05, 4.69) is 5.32 Å². The zero-order valence-electron chi connectivity index (χ0n) is 10.9. The normalized spacial score (nSPS) is 17.6. The van der Waals surface area contributed by atoms with Gasteiger partial charge in [0.15, 0.2) is 0 Å². The molecule has 0 bridgehead atoms. The van der Waals surface area contributed by atoms with Crippen LogP contribution in [0.15, 0.2) is 36.4 Å². The van der Waals surface area contributed by atoms with E-state index in [0.29, 0.717) is 15.8 Å². The maximum Gasteiger partial charge on any atom is 0.115 e. The predicted octanol–water partition coefficient (Wildman–Crippen LogP) is 5.19. The topological polar surface area (TPSA) is 32.3 Å². The van der Waals surface area contributed by atoms with Crippen LogP contribution in [0.4, 0.5) is 5.69 Å². The molecule has 2 nitrogen and oxygen atoms in total. The zero-order valence-corrected chi connectivity index (χ0v) is 12.4. The van der Waals surface area contributed by atoms with Crippen molar-refractivity contribution in [3.05, 3.63) is 57.6 Å². The van der Waals surface area contributed by atoms with E-state index in [9.17, 15) is 5.11 Å². The zero-order chi connectivity index (χ0) is 14.1. The van der Waals surface area contributed by atoms with E-state index < -0.39 is 0 Å². The Hall–Kier alpha value is -1.38. The molecule has 1 aliphatic carbocycles. The van der Waals surface area contributed by atoms with Crippen molar-refractivity contribution in [2.75, 3.05) is 5.32 Å². The molecule has 104 valence electrons. The molecule has 0 saturated heterocycles. The van der Waals surface area contributed by atoms with Crippen molar-refractivity contribution < 1.29 is 5.11 Å². The molecule has 4 heteroatoms. The number of anilines is 1. The highest BCUT2D eigenvalue weighted by atomic mass is 35.5. The van der Waals surface area contributed by atoms with Gasteiger partial charge in [-0.15, -0.1) is 0 Å². The van der Waals surface area contributed by atoms with Crippen molar-refractivity contribution in [2.45, 2.75) is 25.3 Å². The van der Waals surface area contributed by atoms with Crippen LogP contribution >= 0.6 is 23.2 Å².